The summed E-state index contributed by atoms with van der Waals surface area (Å²) in [4.78, 5) is 11.3. The smallest absolute Gasteiger partial charge is 0.352 e. The quantitative estimate of drug-likeness (QED) is 0.866. The molecule has 0 saturated heterocycles. The predicted octanol–water partition coefficient (Wildman–Crippen LogP) is 3.89. The second-order valence-corrected chi connectivity index (χ2v) is 5.18. The Balaban J connectivity index is 2.26. The molecule has 1 aromatic heterocycles. The van der Waals surface area contributed by atoms with Gasteiger partial charge in [-0.3, -0.25) is 0 Å². The van der Waals surface area contributed by atoms with Gasteiger partial charge in [-0.15, -0.1) is 0 Å². The van der Waals surface area contributed by atoms with E-state index in [1.54, 1.807) is 6.07 Å². The summed E-state index contributed by atoms with van der Waals surface area (Å²) in [5.74, 6) is -0.851. The fourth-order valence-corrected chi connectivity index (χ4v) is 2.35. The summed E-state index contributed by atoms with van der Waals surface area (Å²) in [6.45, 7) is 4.95. The van der Waals surface area contributed by atoms with Gasteiger partial charge in [-0.2, -0.15) is 0 Å². The molecule has 2 aromatic rings. The molecule has 0 saturated carbocycles. The van der Waals surface area contributed by atoms with Crippen LogP contribution in [-0.4, -0.2) is 15.6 Å². The standard InChI is InChI=1S/C17H21NO2/c1-3-4-11-18-15(9-10-16(18)17(19)20)12-14-7-5-13(2)6-8-14/h5-10H,3-4,11-12H2,1-2H3,(H,19,20). The van der Waals surface area contributed by atoms with E-state index in [-0.39, 0.29) is 0 Å². The molecule has 3 heteroatoms. The van der Waals surface area contributed by atoms with Crippen molar-refractivity contribution >= 4 is 5.97 Å². The van der Waals surface area contributed by atoms with Gasteiger partial charge in [0, 0.05) is 18.7 Å². The largest absolute Gasteiger partial charge is 0.477 e. The number of carbonyl (C=O) groups is 1. The van der Waals surface area contributed by atoms with Crippen molar-refractivity contribution in [1.29, 1.82) is 0 Å². The van der Waals surface area contributed by atoms with E-state index in [1.165, 1.54) is 11.1 Å². The third kappa shape index (κ3) is 3.29. The number of rotatable bonds is 6. The highest BCUT2D eigenvalue weighted by molar-refractivity contribution is 5.86. The summed E-state index contributed by atoms with van der Waals surface area (Å²) >= 11 is 0. The van der Waals surface area contributed by atoms with E-state index in [0.717, 1.165) is 31.5 Å². The molecule has 0 radical (unpaired) electrons. The van der Waals surface area contributed by atoms with E-state index >= 15 is 0 Å². The van der Waals surface area contributed by atoms with Gasteiger partial charge in [0.1, 0.15) is 5.69 Å². The van der Waals surface area contributed by atoms with Crippen LogP contribution < -0.4 is 0 Å². The zero-order valence-corrected chi connectivity index (χ0v) is 12.1. The lowest BCUT2D eigenvalue weighted by Gasteiger charge is -2.11. The van der Waals surface area contributed by atoms with Crippen molar-refractivity contribution in [3.8, 4) is 0 Å². The molecular weight excluding hydrogens is 250 g/mol. The molecule has 0 fully saturated rings. The molecule has 1 aromatic carbocycles. The lowest BCUT2D eigenvalue weighted by Crippen LogP contribution is -2.11. The molecule has 1 N–H and O–H groups in total. The molecule has 2 rings (SSSR count). The molecule has 0 atom stereocenters. The number of aryl methyl sites for hydroxylation is 1. The Hall–Kier alpha value is -2.03. The number of carboxylic acid groups (broad SMARTS) is 1. The van der Waals surface area contributed by atoms with E-state index in [0.29, 0.717) is 5.69 Å². The molecule has 0 amide bonds. The number of aromatic nitrogens is 1. The minimum atomic E-state index is -0.851. The van der Waals surface area contributed by atoms with E-state index < -0.39 is 5.97 Å². The Bertz CT molecular complexity index is 582. The predicted molar refractivity (Wildman–Crippen MR) is 80.3 cm³/mol. The second kappa shape index (κ2) is 6.42. The minimum Gasteiger partial charge on any atom is -0.477 e. The number of benzene rings is 1. The molecular formula is C17H21NO2. The number of nitrogens with zero attached hydrogens (tertiary/aromatic N) is 1. The SMILES string of the molecule is CCCCn1c(Cc2ccc(C)cc2)ccc1C(=O)O. The van der Waals surface area contributed by atoms with Crippen LogP contribution in [0.15, 0.2) is 36.4 Å². The van der Waals surface area contributed by atoms with Gasteiger partial charge in [0.25, 0.3) is 0 Å². The number of unbranched alkanes of at least 4 members (excludes halogenated alkanes) is 1. The fraction of sp³-hybridized carbons (Fsp3) is 0.353. The van der Waals surface area contributed by atoms with Crippen LogP contribution in [0.4, 0.5) is 0 Å². The van der Waals surface area contributed by atoms with Crippen LogP contribution in [0, 0.1) is 6.92 Å². The molecule has 0 aliphatic heterocycles. The maximum atomic E-state index is 11.3. The summed E-state index contributed by atoms with van der Waals surface area (Å²) in [7, 11) is 0. The monoisotopic (exact) mass is 271 g/mol. The van der Waals surface area contributed by atoms with Gasteiger partial charge in [0.2, 0.25) is 0 Å². The molecule has 106 valence electrons. The van der Waals surface area contributed by atoms with Gasteiger partial charge in [0.05, 0.1) is 0 Å². The summed E-state index contributed by atoms with van der Waals surface area (Å²) in [5, 5.41) is 9.26. The topological polar surface area (TPSA) is 42.2 Å². The Kier molecular flexibility index (Phi) is 4.61. The molecule has 0 aliphatic carbocycles. The number of hydrogen-bond donors (Lipinski definition) is 1. The summed E-state index contributed by atoms with van der Waals surface area (Å²) in [5.41, 5.74) is 3.91. The van der Waals surface area contributed by atoms with E-state index in [4.69, 9.17) is 0 Å². The van der Waals surface area contributed by atoms with Crippen LogP contribution in [0.5, 0.6) is 0 Å². The van der Waals surface area contributed by atoms with E-state index in [1.807, 2.05) is 10.6 Å². The van der Waals surface area contributed by atoms with Crippen molar-refractivity contribution in [3.63, 3.8) is 0 Å². The van der Waals surface area contributed by atoms with Gasteiger partial charge in [-0.05, 0) is 31.0 Å². The van der Waals surface area contributed by atoms with Gasteiger partial charge in [-0.1, -0.05) is 43.2 Å². The summed E-state index contributed by atoms with van der Waals surface area (Å²) in [6, 6.07) is 12.0. The Morgan fingerprint density at radius 2 is 1.85 bits per heavy atom. The molecule has 0 unspecified atom stereocenters. The summed E-state index contributed by atoms with van der Waals surface area (Å²) < 4.78 is 1.94. The van der Waals surface area contributed by atoms with Crippen molar-refractivity contribution in [2.75, 3.05) is 0 Å². The third-order valence-electron chi connectivity index (χ3n) is 3.53. The van der Waals surface area contributed by atoms with Gasteiger partial charge in [0.15, 0.2) is 0 Å². The molecule has 3 nitrogen and oxygen atoms in total. The van der Waals surface area contributed by atoms with E-state index in [9.17, 15) is 9.90 Å². The molecule has 0 bridgehead atoms. The minimum absolute atomic E-state index is 0.389. The second-order valence-electron chi connectivity index (χ2n) is 5.18. The van der Waals surface area contributed by atoms with Crippen molar-refractivity contribution < 1.29 is 9.90 Å². The maximum Gasteiger partial charge on any atom is 0.352 e. The molecule has 0 spiro atoms. The van der Waals surface area contributed by atoms with Crippen molar-refractivity contribution in [3.05, 3.63) is 58.9 Å². The lowest BCUT2D eigenvalue weighted by atomic mass is 10.1. The van der Waals surface area contributed by atoms with Crippen LogP contribution >= 0.6 is 0 Å². The zero-order chi connectivity index (χ0) is 14.5. The number of aromatic carboxylic acids is 1. The first-order valence-electron chi connectivity index (χ1n) is 7.09. The highest BCUT2D eigenvalue weighted by atomic mass is 16.4. The molecule has 1 heterocycles. The van der Waals surface area contributed by atoms with Crippen molar-refractivity contribution in [2.45, 2.75) is 39.7 Å². The highest BCUT2D eigenvalue weighted by Crippen LogP contribution is 2.16. The summed E-state index contributed by atoms with van der Waals surface area (Å²) in [6.07, 6.45) is 2.83. The average Bonchev–Trinajstić information content (AvgIpc) is 2.82. The Morgan fingerprint density at radius 3 is 2.45 bits per heavy atom. The molecule has 20 heavy (non-hydrogen) atoms. The van der Waals surface area contributed by atoms with E-state index in [2.05, 4.69) is 38.1 Å². The van der Waals surface area contributed by atoms with Crippen LogP contribution in [0.25, 0.3) is 0 Å². The maximum absolute atomic E-state index is 11.3. The highest BCUT2D eigenvalue weighted by Gasteiger charge is 2.13. The first-order valence-corrected chi connectivity index (χ1v) is 7.09. The van der Waals surface area contributed by atoms with Gasteiger partial charge < -0.3 is 9.67 Å². The average molecular weight is 271 g/mol. The van der Waals surface area contributed by atoms with Crippen LogP contribution in [0.1, 0.15) is 47.1 Å². The van der Waals surface area contributed by atoms with Crippen molar-refractivity contribution in [1.82, 2.24) is 4.57 Å². The van der Waals surface area contributed by atoms with Crippen LogP contribution in [-0.2, 0) is 13.0 Å². The number of carboxylic acids is 1. The van der Waals surface area contributed by atoms with Gasteiger partial charge >= 0.3 is 5.97 Å². The first kappa shape index (κ1) is 14.4. The van der Waals surface area contributed by atoms with Crippen molar-refractivity contribution in [2.24, 2.45) is 0 Å². The van der Waals surface area contributed by atoms with Crippen LogP contribution in [0.3, 0.4) is 0 Å². The normalized spacial score (nSPS) is 10.7. The Morgan fingerprint density at radius 1 is 1.15 bits per heavy atom. The Labute approximate surface area is 119 Å². The number of hydrogen-bond acceptors (Lipinski definition) is 1. The zero-order valence-electron chi connectivity index (χ0n) is 12.1. The third-order valence-corrected chi connectivity index (χ3v) is 3.53. The first-order chi connectivity index (χ1) is 9.61. The fourth-order valence-electron chi connectivity index (χ4n) is 2.35. The van der Waals surface area contributed by atoms with Gasteiger partial charge in [-0.25, -0.2) is 4.79 Å². The lowest BCUT2D eigenvalue weighted by molar-refractivity contribution is 0.0684. The molecule has 0 aliphatic rings. The van der Waals surface area contributed by atoms with Crippen LogP contribution in [0.2, 0.25) is 0 Å².